The summed E-state index contributed by atoms with van der Waals surface area (Å²) in [4.78, 5) is 23.3. The molecule has 0 atom stereocenters. The van der Waals surface area contributed by atoms with E-state index in [0.717, 1.165) is 11.3 Å². The van der Waals surface area contributed by atoms with Crippen molar-refractivity contribution in [3.05, 3.63) is 77.9 Å². The Balaban J connectivity index is 2.12. The fraction of sp³-hybridized carbons (Fsp3) is 0.143. The minimum Gasteiger partial charge on any atom is -0.496 e. The van der Waals surface area contributed by atoms with Gasteiger partial charge in [0.1, 0.15) is 18.1 Å². The Labute approximate surface area is 152 Å². The molecule has 0 saturated heterocycles. The molecule has 0 aromatic heterocycles. The van der Waals surface area contributed by atoms with E-state index in [0.29, 0.717) is 23.5 Å². The van der Waals surface area contributed by atoms with Crippen LogP contribution in [0.5, 0.6) is 11.5 Å². The van der Waals surface area contributed by atoms with E-state index in [2.05, 4.69) is 6.58 Å². The lowest BCUT2D eigenvalue weighted by molar-refractivity contribution is -0.136. The standard InChI is InChI=1S/C21H20O5/c1-3-12-26-18-8-4-15(5-9-18)6-10-19(22)16-7-11-20(25-2)17(13-16)14-21(23)24/h3-11,13H,1,12,14H2,2H3,(H,23,24)/b10-6+. The van der Waals surface area contributed by atoms with Gasteiger partial charge in [-0.15, -0.1) is 0 Å². The van der Waals surface area contributed by atoms with Crippen LogP contribution in [0.4, 0.5) is 0 Å². The zero-order valence-corrected chi connectivity index (χ0v) is 14.5. The molecule has 1 N–H and O–H groups in total. The number of ketones is 1. The average molecular weight is 352 g/mol. The van der Waals surface area contributed by atoms with Crippen LogP contribution in [0.15, 0.2) is 61.2 Å². The third kappa shape index (κ3) is 5.34. The number of hydrogen-bond acceptors (Lipinski definition) is 4. The van der Waals surface area contributed by atoms with Crippen molar-refractivity contribution in [2.24, 2.45) is 0 Å². The zero-order valence-electron chi connectivity index (χ0n) is 14.5. The summed E-state index contributed by atoms with van der Waals surface area (Å²) in [5.74, 6) is -0.0293. The second kappa shape index (κ2) is 9.22. The number of carbonyl (C=O) groups excluding carboxylic acids is 1. The summed E-state index contributed by atoms with van der Waals surface area (Å²) in [6, 6.07) is 12.1. The number of benzene rings is 2. The smallest absolute Gasteiger partial charge is 0.307 e. The molecule has 0 spiro atoms. The number of carbonyl (C=O) groups is 2. The van der Waals surface area contributed by atoms with Gasteiger partial charge in [-0.25, -0.2) is 0 Å². The maximum absolute atomic E-state index is 12.4. The third-order valence-electron chi connectivity index (χ3n) is 3.58. The fourth-order valence-electron chi connectivity index (χ4n) is 2.33. The van der Waals surface area contributed by atoms with Gasteiger partial charge in [0, 0.05) is 11.1 Å². The number of methoxy groups -OCH3 is 1. The normalized spacial score (nSPS) is 10.5. The highest BCUT2D eigenvalue weighted by molar-refractivity contribution is 6.07. The molecule has 5 heteroatoms. The van der Waals surface area contributed by atoms with Gasteiger partial charge in [0.25, 0.3) is 0 Å². The summed E-state index contributed by atoms with van der Waals surface area (Å²) in [7, 11) is 1.46. The maximum Gasteiger partial charge on any atom is 0.307 e. The average Bonchev–Trinajstić information content (AvgIpc) is 2.64. The summed E-state index contributed by atoms with van der Waals surface area (Å²) in [5, 5.41) is 8.97. The van der Waals surface area contributed by atoms with E-state index >= 15 is 0 Å². The summed E-state index contributed by atoms with van der Waals surface area (Å²) >= 11 is 0. The Morgan fingerprint density at radius 2 is 1.88 bits per heavy atom. The Bertz CT molecular complexity index is 819. The lowest BCUT2D eigenvalue weighted by Gasteiger charge is -2.08. The monoisotopic (exact) mass is 352 g/mol. The highest BCUT2D eigenvalue weighted by atomic mass is 16.5. The molecule has 0 radical (unpaired) electrons. The van der Waals surface area contributed by atoms with Crippen molar-refractivity contribution < 1.29 is 24.2 Å². The molecule has 0 unspecified atom stereocenters. The van der Waals surface area contributed by atoms with Gasteiger partial charge in [-0.05, 0) is 42.0 Å². The molecule has 0 aliphatic rings. The first-order valence-electron chi connectivity index (χ1n) is 7.98. The molecular formula is C21H20O5. The number of rotatable bonds is 9. The molecule has 0 aliphatic heterocycles. The number of allylic oxidation sites excluding steroid dienone is 1. The Hall–Kier alpha value is -3.34. The first-order chi connectivity index (χ1) is 12.5. The molecule has 2 aromatic carbocycles. The molecular weight excluding hydrogens is 332 g/mol. The van der Waals surface area contributed by atoms with E-state index in [9.17, 15) is 9.59 Å². The van der Waals surface area contributed by atoms with Crippen LogP contribution in [0.25, 0.3) is 6.08 Å². The van der Waals surface area contributed by atoms with Crippen LogP contribution in [0.2, 0.25) is 0 Å². The molecule has 0 fully saturated rings. The van der Waals surface area contributed by atoms with Gasteiger partial charge in [-0.3, -0.25) is 9.59 Å². The summed E-state index contributed by atoms with van der Waals surface area (Å²) in [6.07, 6.45) is 4.60. The SMILES string of the molecule is C=CCOc1ccc(/C=C/C(=O)c2ccc(OC)c(CC(=O)O)c2)cc1. The van der Waals surface area contributed by atoms with E-state index < -0.39 is 5.97 Å². The van der Waals surface area contributed by atoms with E-state index in [4.69, 9.17) is 14.6 Å². The first kappa shape index (κ1) is 19.0. The summed E-state index contributed by atoms with van der Waals surface area (Å²) in [5.41, 5.74) is 1.72. The second-order valence-corrected chi connectivity index (χ2v) is 5.46. The largest absolute Gasteiger partial charge is 0.496 e. The molecule has 0 aliphatic carbocycles. The predicted octanol–water partition coefficient (Wildman–Crippen LogP) is 3.78. The van der Waals surface area contributed by atoms with Crippen molar-refractivity contribution in [3.8, 4) is 11.5 Å². The molecule has 134 valence electrons. The van der Waals surface area contributed by atoms with Crippen molar-refractivity contribution >= 4 is 17.8 Å². The quantitative estimate of drug-likeness (QED) is 0.422. The molecule has 0 bridgehead atoms. The molecule has 0 saturated carbocycles. The van der Waals surface area contributed by atoms with Crippen LogP contribution in [-0.4, -0.2) is 30.6 Å². The van der Waals surface area contributed by atoms with Crippen LogP contribution in [-0.2, 0) is 11.2 Å². The summed E-state index contributed by atoms with van der Waals surface area (Å²) < 4.78 is 10.5. The zero-order chi connectivity index (χ0) is 18.9. The maximum atomic E-state index is 12.4. The Morgan fingerprint density at radius 3 is 2.50 bits per heavy atom. The van der Waals surface area contributed by atoms with Crippen LogP contribution in [0, 0.1) is 0 Å². The topological polar surface area (TPSA) is 72.8 Å². The number of aliphatic carboxylic acids is 1. The fourth-order valence-corrected chi connectivity index (χ4v) is 2.33. The molecule has 26 heavy (non-hydrogen) atoms. The second-order valence-electron chi connectivity index (χ2n) is 5.46. The van der Waals surface area contributed by atoms with Crippen molar-refractivity contribution in [2.75, 3.05) is 13.7 Å². The van der Waals surface area contributed by atoms with Crippen molar-refractivity contribution in [1.82, 2.24) is 0 Å². The van der Waals surface area contributed by atoms with Gasteiger partial charge >= 0.3 is 5.97 Å². The number of carboxylic acids is 1. The number of carboxylic acid groups (broad SMARTS) is 1. The Morgan fingerprint density at radius 1 is 1.15 bits per heavy atom. The van der Waals surface area contributed by atoms with Crippen molar-refractivity contribution in [3.63, 3.8) is 0 Å². The van der Waals surface area contributed by atoms with Gasteiger partial charge in [-0.1, -0.05) is 30.9 Å². The lowest BCUT2D eigenvalue weighted by atomic mass is 10.0. The minimum atomic E-state index is -0.984. The molecule has 5 nitrogen and oxygen atoms in total. The van der Waals surface area contributed by atoms with Crippen molar-refractivity contribution in [1.29, 1.82) is 0 Å². The van der Waals surface area contributed by atoms with Crippen molar-refractivity contribution in [2.45, 2.75) is 6.42 Å². The van der Waals surface area contributed by atoms with Gasteiger partial charge in [0.15, 0.2) is 5.78 Å². The third-order valence-corrected chi connectivity index (χ3v) is 3.58. The van der Waals surface area contributed by atoms with E-state index in [-0.39, 0.29) is 12.2 Å². The van der Waals surface area contributed by atoms with Gasteiger partial charge in [0.2, 0.25) is 0 Å². The van der Waals surface area contributed by atoms with Gasteiger partial charge in [-0.2, -0.15) is 0 Å². The molecule has 0 amide bonds. The molecule has 0 heterocycles. The number of ether oxygens (including phenoxy) is 2. The highest BCUT2D eigenvalue weighted by Gasteiger charge is 2.11. The van der Waals surface area contributed by atoms with Gasteiger partial charge < -0.3 is 14.6 Å². The Kier molecular flexibility index (Phi) is 6.74. The predicted molar refractivity (Wildman–Crippen MR) is 99.8 cm³/mol. The van der Waals surface area contributed by atoms with E-state index in [1.54, 1.807) is 30.4 Å². The van der Waals surface area contributed by atoms with Crippen LogP contribution < -0.4 is 9.47 Å². The van der Waals surface area contributed by atoms with Gasteiger partial charge in [0.05, 0.1) is 13.5 Å². The summed E-state index contributed by atoms with van der Waals surface area (Å²) in [6.45, 7) is 4.02. The number of hydrogen-bond donors (Lipinski definition) is 1. The highest BCUT2D eigenvalue weighted by Crippen LogP contribution is 2.21. The molecule has 2 aromatic rings. The molecule has 2 rings (SSSR count). The lowest BCUT2D eigenvalue weighted by Crippen LogP contribution is -2.04. The first-order valence-corrected chi connectivity index (χ1v) is 7.98. The van der Waals surface area contributed by atoms with Crippen LogP contribution >= 0.6 is 0 Å². The van der Waals surface area contributed by atoms with Crippen LogP contribution in [0.1, 0.15) is 21.5 Å². The van der Waals surface area contributed by atoms with E-state index in [1.165, 1.54) is 13.2 Å². The van der Waals surface area contributed by atoms with E-state index in [1.807, 2.05) is 24.3 Å². The minimum absolute atomic E-state index is 0.208. The van der Waals surface area contributed by atoms with Crippen LogP contribution in [0.3, 0.4) is 0 Å².